The van der Waals surface area contributed by atoms with Gasteiger partial charge in [-0.1, -0.05) is 18.7 Å². The Hall–Kier alpha value is -0.130. The number of nitrogens with zero attached hydrogens (tertiary/aromatic N) is 3. The Labute approximate surface area is 127 Å². The highest BCUT2D eigenvalue weighted by Crippen LogP contribution is 2.53. The third-order valence-electron chi connectivity index (χ3n) is 3.78. The third kappa shape index (κ3) is 2.83. The molecule has 1 saturated heterocycles. The Balaban J connectivity index is 1.51. The number of aliphatic imine (C=N–C) groups is 1. The van der Waals surface area contributed by atoms with Crippen LogP contribution in [-0.2, 0) is 4.79 Å². The predicted molar refractivity (Wildman–Crippen MR) is 80.1 cm³/mol. The molecule has 3 aliphatic rings. The van der Waals surface area contributed by atoms with Crippen LogP contribution in [0.5, 0.6) is 0 Å². The van der Waals surface area contributed by atoms with E-state index < -0.39 is 4.33 Å². The lowest BCUT2D eigenvalue weighted by Gasteiger charge is -2.35. The molecular weight excluding hydrogens is 305 g/mol. The molecule has 7 heteroatoms. The van der Waals surface area contributed by atoms with E-state index in [1.165, 1.54) is 0 Å². The molecule has 0 unspecified atom stereocenters. The zero-order valence-corrected chi connectivity index (χ0v) is 13.1. The molecule has 0 aromatic carbocycles. The van der Waals surface area contributed by atoms with Gasteiger partial charge in [-0.25, -0.2) is 0 Å². The maximum Gasteiger partial charge on any atom is 0.228 e. The van der Waals surface area contributed by atoms with Gasteiger partial charge in [-0.3, -0.25) is 9.79 Å². The number of thioether (sulfide) groups is 1. The lowest BCUT2D eigenvalue weighted by molar-refractivity contribution is -0.133. The molecule has 0 N–H and O–H groups in total. The highest BCUT2D eigenvalue weighted by Gasteiger charge is 2.57. The molecule has 106 valence electrons. The second-order valence-corrected chi connectivity index (χ2v) is 8.33. The van der Waals surface area contributed by atoms with Gasteiger partial charge in [0.05, 0.1) is 12.5 Å². The molecule has 2 heterocycles. The molecule has 19 heavy (non-hydrogen) atoms. The Morgan fingerprint density at radius 2 is 2.00 bits per heavy atom. The van der Waals surface area contributed by atoms with Crippen LogP contribution < -0.4 is 0 Å². The van der Waals surface area contributed by atoms with E-state index in [2.05, 4.69) is 16.8 Å². The molecule has 2 atom stereocenters. The van der Waals surface area contributed by atoms with Gasteiger partial charge in [-0.05, 0) is 6.42 Å². The van der Waals surface area contributed by atoms with Gasteiger partial charge >= 0.3 is 0 Å². The van der Waals surface area contributed by atoms with Crippen LogP contribution in [0.25, 0.3) is 0 Å². The van der Waals surface area contributed by atoms with E-state index in [9.17, 15) is 4.79 Å². The maximum atomic E-state index is 12.2. The van der Waals surface area contributed by atoms with Gasteiger partial charge in [0, 0.05) is 31.4 Å². The number of piperazine rings is 1. The molecule has 1 saturated carbocycles. The monoisotopic (exact) mass is 321 g/mol. The van der Waals surface area contributed by atoms with Crippen LogP contribution in [0.1, 0.15) is 13.3 Å². The second-order valence-electron chi connectivity index (χ2n) is 5.38. The van der Waals surface area contributed by atoms with Crippen molar-refractivity contribution in [3.8, 4) is 0 Å². The van der Waals surface area contributed by atoms with Crippen LogP contribution in [0, 0.1) is 5.92 Å². The summed E-state index contributed by atoms with van der Waals surface area (Å²) in [6.07, 6.45) is 0.592. The van der Waals surface area contributed by atoms with Crippen molar-refractivity contribution in [3.05, 3.63) is 0 Å². The van der Waals surface area contributed by atoms with Crippen LogP contribution in [-0.4, -0.2) is 63.2 Å². The lowest BCUT2D eigenvalue weighted by Crippen LogP contribution is -2.50. The Morgan fingerprint density at radius 1 is 1.37 bits per heavy atom. The quantitative estimate of drug-likeness (QED) is 0.691. The fraction of sp³-hybridized carbons (Fsp3) is 0.833. The summed E-state index contributed by atoms with van der Waals surface area (Å²) in [6.45, 7) is 6.29. The van der Waals surface area contributed by atoms with E-state index in [4.69, 9.17) is 23.2 Å². The van der Waals surface area contributed by atoms with Crippen LogP contribution in [0.2, 0.25) is 0 Å². The maximum absolute atomic E-state index is 12.2. The molecule has 0 aromatic rings. The first-order valence-electron chi connectivity index (χ1n) is 6.60. The summed E-state index contributed by atoms with van der Waals surface area (Å²) in [5.74, 6) is -0.0837. The normalized spacial score (nSPS) is 33.3. The second kappa shape index (κ2) is 5.01. The van der Waals surface area contributed by atoms with Crippen molar-refractivity contribution in [1.82, 2.24) is 9.80 Å². The van der Waals surface area contributed by atoms with Crippen LogP contribution in [0.3, 0.4) is 0 Å². The van der Waals surface area contributed by atoms with Crippen LogP contribution in [0.4, 0.5) is 0 Å². The minimum atomic E-state index is -0.810. The van der Waals surface area contributed by atoms with Gasteiger partial charge in [0.1, 0.15) is 4.33 Å². The average Bonchev–Trinajstić information content (AvgIpc) is 2.82. The van der Waals surface area contributed by atoms with Gasteiger partial charge in [0.2, 0.25) is 5.91 Å². The van der Waals surface area contributed by atoms with Crippen molar-refractivity contribution in [3.63, 3.8) is 0 Å². The number of hydrogen-bond donors (Lipinski definition) is 0. The summed E-state index contributed by atoms with van der Waals surface area (Å²) < 4.78 is -0.810. The first-order chi connectivity index (χ1) is 8.97. The Morgan fingerprint density at radius 3 is 2.47 bits per heavy atom. The molecule has 0 aromatic heterocycles. The molecule has 2 aliphatic heterocycles. The summed E-state index contributed by atoms with van der Waals surface area (Å²) in [6, 6.07) is 0. The topological polar surface area (TPSA) is 35.9 Å². The Kier molecular flexibility index (Phi) is 3.65. The third-order valence-corrected chi connectivity index (χ3v) is 5.76. The average molecular weight is 322 g/mol. The molecular formula is C12H17Cl2N3OS. The van der Waals surface area contributed by atoms with Crippen molar-refractivity contribution in [2.75, 3.05) is 32.7 Å². The summed E-state index contributed by atoms with van der Waals surface area (Å²) in [4.78, 5) is 20.9. The number of alkyl halides is 2. The lowest BCUT2D eigenvalue weighted by atomic mass is 10.3. The summed E-state index contributed by atoms with van der Waals surface area (Å²) in [7, 11) is 0. The SMILES string of the molecule is C[C@H]1CN=C(N2CCN(C(=O)[C@H]3CC3(Cl)Cl)CC2)S1. The van der Waals surface area contributed by atoms with Crippen molar-refractivity contribution >= 4 is 46.0 Å². The highest BCUT2D eigenvalue weighted by molar-refractivity contribution is 8.14. The molecule has 0 bridgehead atoms. The smallest absolute Gasteiger partial charge is 0.228 e. The summed E-state index contributed by atoms with van der Waals surface area (Å²) in [5.41, 5.74) is 0. The van der Waals surface area contributed by atoms with Crippen molar-refractivity contribution in [2.45, 2.75) is 22.9 Å². The largest absolute Gasteiger partial charge is 0.348 e. The number of carbonyl (C=O) groups excluding carboxylic acids is 1. The van der Waals surface area contributed by atoms with E-state index in [0.717, 1.165) is 37.9 Å². The number of amidine groups is 1. The molecule has 0 radical (unpaired) electrons. The molecule has 1 aliphatic carbocycles. The van der Waals surface area contributed by atoms with Crippen molar-refractivity contribution in [1.29, 1.82) is 0 Å². The number of carbonyl (C=O) groups is 1. The van der Waals surface area contributed by atoms with E-state index in [-0.39, 0.29) is 11.8 Å². The first-order valence-corrected chi connectivity index (χ1v) is 8.23. The molecule has 2 fully saturated rings. The zero-order chi connectivity index (χ0) is 13.6. The van der Waals surface area contributed by atoms with E-state index >= 15 is 0 Å². The van der Waals surface area contributed by atoms with Crippen molar-refractivity contribution < 1.29 is 4.79 Å². The van der Waals surface area contributed by atoms with Gasteiger partial charge < -0.3 is 9.80 Å². The fourth-order valence-corrected chi connectivity index (χ4v) is 3.94. The Bertz CT molecular complexity index is 421. The van der Waals surface area contributed by atoms with Gasteiger partial charge in [0.25, 0.3) is 0 Å². The van der Waals surface area contributed by atoms with Crippen LogP contribution >= 0.6 is 35.0 Å². The summed E-state index contributed by atoms with van der Waals surface area (Å²) in [5, 5.41) is 1.71. The molecule has 0 spiro atoms. The van der Waals surface area contributed by atoms with Gasteiger partial charge in [-0.2, -0.15) is 0 Å². The standard InChI is InChI=1S/C12H17Cl2N3OS/c1-8-7-15-11(19-8)17-4-2-16(3-5-17)10(18)9-6-12(9,13)14/h8-9H,2-7H2,1H3/t8-,9+/m0/s1. The zero-order valence-electron chi connectivity index (χ0n) is 10.8. The van der Waals surface area contributed by atoms with Crippen molar-refractivity contribution in [2.24, 2.45) is 10.9 Å². The molecule has 4 nitrogen and oxygen atoms in total. The highest BCUT2D eigenvalue weighted by atomic mass is 35.5. The fourth-order valence-electron chi connectivity index (χ4n) is 2.46. The number of halogens is 2. The van der Waals surface area contributed by atoms with E-state index in [0.29, 0.717) is 11.7 Å². The van der Waals surface area contributed by atoms with E-state index in [1.54, 1.807) is 0 Å². The molecule has 1 amide bonds. The van der Waals surface area contributed by atoms with Gasteiger partial charge in [-0.15, -0.1) is 23.2 Å². The number of hydrogen-bond acceptors (Lipinski definition) is 4. The minimum Gasteiger partial charge on any atom is -0.348 e. The van der Waals surface area contributed by atoms with Crippen LogP contribution in [0.15, 0.2) is 4.99 Å². The number of amides is 1. The van der Waals surface area contributed by atoms with Gasteiger partial charge in [0.15, 0.2) is 5.17 Å². The number of rotatable bonds is 1. The first kappa shape index (κ1) is 13.8. The predicted octanol–water partition coefficient (Wildman–Crippen LogP) is 1.82. The van der Waals surface area contributed by atoms with E-state index in [1.807, 2.05) is 16.7 Å². The molecule has 3 rings (SSSR count). The summed E-state index contributed by atoms with van der Waals surface area (Å²) >= 11 is 13.7. The minimum absolute atomic E-state index is 0.110.